The lowest BCUT2D eigenvalue weighted by molar-refractivity contribution is -0.140. The van der Waals surface area contributed by atoms with E-state index in [1.165, 1.54) is 0 Å². The Morgan fingerprint density at radius 3 is 2.40 bits per heavy atom. The van der Waals surface area contributed by atoms with E-state index in [0.29, 0.717) is 16.8 Å². The Hall–Kier alpha value is -1.98. The first-order valence-electron chi connectivity index (χ1n) is 6.30. The van der Waals surface area contributed by atoms with E-state index in [1.54, 1.807) is 32.9 Å². The molecule has 2 N–H and O–H groups in total. The first-order chi connectivity index (χ1) is 9.23. The molecule has 0 aliphatic heterocycles. The van der Waals surface area contributed by atoms with Crippen LogP contribution in [0.3, 0.4) is 0 Å². The second-order valence-corrected chi connectivity index (χ2v) is 5.01. The molecule has 0 heterocycles. The number of hydrogen-bond donors (Lipinski definition) is 2. The summed E-state index contributed by atoms with van der Waals surface area (Å²) in [6.07, 6.45) is -0.808. The molecule has 0 saturated heterocycles. The summed E-state index contributed by atoms with van der Waals surface area (Å²) in [6, 6.07) is 2.37. The summed E-state index contributed by atoms with van der Waals surface area (Å²) in [6.45, 7) is 7.00. The largest absolute Gasteiger partial charge is 0.480 e. The van der Waals surface area contributed by atoms with Gasteiger partial charge in [-0.15, -0.1) is 0 Å². The van der Waals surface area contributed by atoms with E-state index < -0.39 is 18.1 Å². The van der Waals surface area contributed by atoms with E-state index in [4.69, 9.17) is 17.7 Å². The van der Waals surface area contributed by atoms with Gasteiger partial charge in [-0.2, -0.15) is 0 Å². The zero-order valence-corrected chi connectivity index (χ0v) is 12.1. The number of aliphatic carboxylic acids is 1. The third kappa shape index (κ3) is 3.76. The van der Waals surface area contributed by atoms with Crippen molar-refractivity contribution in [3.8, 4) is 5.75 Å². The van der Waals surface area contributed by atoms with Gasteiger partial charge in [-0.05, 0) is 31.4 Å². The molecule has 0 spiro atoms. The maximum atomic E-state index is 11.7. The van der Waals surface area contributed by atoms with Gasteiger partial charge in [0.25, 0.3) is 0 Å². The van der Waals surface area contributed by atoms with Gasteiger partial charge in [-0.1, -0.05) is 30.9 Å². The van der Waals surface area contributed by atoms with Gasteiger partial charge < -0.3 is 15.2 Å². The van der Waals surface area contributed by atoms with Gasteiger partial charge in [0.15, 0.2) is 0 Å². The summed E-state index contributed by atoms with van der Waals surface area (Å²) in [5, 5.41) is 11.3. The zero-order chi connectivity index (χ0) is 15.4. The Bertz CT molecular complexity index is 528. The topological polar surface area (TPSA) is 75.6 Å². The summed E-state index contributed by atoms with van der Waals surface area (Å²) in [7, 11) is 5.85. The lowest BCUT2D eigenvalue weighted by Gasteiger charge is -2.18. The van der Waals surface area contributed by atoms with E-state index >= 15 is 0 Å². The fraction of sp³-hybridized carbons (Fsp3) is 0.429. The lowest BCUT2D eigenvalue weighted by atomic mass is 9.86. The maximum absolute atomic E-state index is 11.7. The average Bonchev–Trinajstić information content (AvgIpc) is 2.36. The maximum Gasteiger partial charge on any atom is 0.413 e. The van der Waals surface area contributed by atoms with Crippen molar-refractivity contribution in [2.45, 2.75) is 33.7 Å². The number of carbonyl (C=O) groups excluding carboxylic acids is 1. The predicted molar refractivity (Wildman–Crippen MR) is 76.7 cm³/mol. The molecule has 0 aromatic heterocycles. The number of carboxylic acid groups (broad SMARTS) is 1. The summed E-state index contributed by atoms with van der Waals surface area (Å²) >= 11 is 0. The number of nitrogens with one attached hydrogen (secondary N) is 1. The van der Waals surface area contributed by atoms with Crippen molar-refractivity contribution in [3.63, 3.8) is 0 Å². The smallest absolute Gasteiger partial charge is 0.413 e. The van der Waals surface area contributed by atoms with Crippen LogP contribution in [0.1, 0.15) is 25.0 Å². The van der Waals surface area contributed by atoms with Crippen LogP contribution in [0.5, 0.6) is 5.75 Å². The van der Waals surface area contributed by atoms with Crippen molar-refractivity contribution in [2.24, 2.45) is 5.92 Å². The molecule has 0 fully saturated rings. The zero-order valence-electron chi connectivity index (χ0n) is 12.1. The highest BCUT2D eigenvalue weighted by molar-refractivity contribution is 6.34. The number of aryl methyl sites for hydroxylation is 1. The molecule has 1 aromatic rings. The van der Waals surface area contributed by atoms with Gasteiger partial charge in [0, 0.05) is 0 Å². The number of hydrogen-bond acceptors (Lipinski definition) is 3. The monoisotopic (exact) mass is 275 g/mol. The highest BCUT2D eigenvalue weighted by Crippen LogP contribution is 2.16. The van der Waals surface area contributed by atoms with Gasteiger partial charge in [0.1, 0.15) is 19.6 Å². The molecule has 1 rings (SSSR count). The van der Waals surface area contributed by atoms with Crippen LogP contribution in [0.15, 0.2) is 12.1 Å². The number of ether oxygens (including phenoxy) is 1. The Morgan fingerprint density at radius 1 is 1.30 bits per heavy atom. The Balaban J connectivity index is 2.81. The van der Waals surface area contributed by atoms with Gasteiger partial charge in [0.05, 0.1) is 0 Å². The lowest BCUT2D eigenvalue weighted by Crippen LogP contribution is -2.45. The standard InChI is InChI=1S/C14H18BNO4/c1-7(2)12(13(17)18)16-14(19)20-10-6-5-8(3)11(15)9(10)4/h5-7,12H,1-4H3,(H,16,19)(H,17,18)/t12-/m1/s1. The molecule has 20 heavy (non-hydrogen) atoms. The molecule has 0 aliphatic rings. The minimum Gasteiger partial charge on any atom is -0.480 e. The van der Waals surface area contributed by atoms with Crippen molar-refractivity contribution in [2.75, 3.05) is 0 Å². The molecule has 0 aliphatic carbocycles. The minimum atomic E-state index is -1.10. The molecule has 0 unspecified atom stereocenters. The van der Waals surface area contributed by atoms with Crippen LogP contribution < -0.4 is 15.5 Å². The van der Waals surface area contributed by atoms with E-state index in [1.807, 2.05) is 6.92 Å². The summed E-state index contributed by atoms with van der Waals surface area (Å²) in [5.74, 6) is -1.03. The van der Waals surface area contributed by atoms with Crippen molar-refractivity contribution < 1.29 is 19.4 Å². The predicted octanol–water partition coefficient (Wildman–Crippen LogP) is 1.29. The van der Waals surface area contributed by atoms with Gasteiger partial charge in [-0.3, -0.25) is 0 Å². The summed E-state index contributed by atoms with van der Waals surface area (Å²) in [5.41, 5.74) is 2.09. The second-order valence-electron chi connectivity index (χ2n) is 5.01. The van der Waals surface area contributed by atoms with E-state index in [2.05, 4.69) is 5.32 Å². The third-order valence-corrected chi connectivity index (χ3v) is 3.09. The van der Waals surface area contributed by atoms with Crippen molar-refractivity contribution in [1.82, 2.24) is 5.32 Å². The third-order valence-electron chi connectivity index (χ3n) is 3.09. The van der Waals surface area contributed by atoms with E-state index in [9.17, 15) is 9.59 Å². The SMILES string of the molecule is [B]c1c(C)ccc(OC(=O)N[C@@H](C(=O)O)C(C)C)c1C. The summed E-state index contributed by atoms with van der Waals surface area (Å²) in [4.78, 5) is 22.7. The van der Waals surface area contributed by atoms with Crippen LogP contribution in [-0.2, 0) is 4.79 Å². The van der Waals surface area contributed by atoms with Gasteiger partial charge in [-0.25, -0.2) is 9.59 Å². The van der Waals surface area contributed by atoms with Crippen LogP contribution in [-0.4, -0.2) is 31.1 Å². The number of carboxylic acids is 1. The first kappa shape index (κ1) is 16.1. The van der Waals surface area contributed by atoms with Gasteiger partial charge >= 0.3 is 12.1 Å². The normalized spacial score (nSPS) is 12.1. The molecule has 6 heteroatoms. The van der Waals surface area contributed by atoms with Crippen molar-refractivity contribution in [3.05, 3.63) is 23.3 Å². The number of carbonyl (C=O) groups is 2. The average molecular weight is 275 g/mol. The van der Waals surface area contributed by atoms with E-state index in [-0.39, 0.29) is 5.92 Å². The van der Waals surface area contributed by atoms with Crippen LogP contribution in [0, 0.1) is 19.8 Å². The number of amides is 1. The molecule has 1 atom stereocenters. The molecular weight excluding hydrogens is 257 g/mol. The number of benzene rings is 1. The molecule has 5 nitrogen and oxygen atoms in total. The fourth-order valence-corrected chi connectivity index (χ4v) is 1.72. The summed E-state index contributed by atoms with van der Waals surface area (Å²) < 4.78 is 5.12. The van der Waals surface area contributed by atoms with E-state index in [0.717, 1.165) is 5.56 Å². The fourth-order valence-electron chi connectivity index (χ4n) is 1.72. The Labute approximate surface area is 119 Å². The van der Waals surface area contributed by atoms with Crippen molar-refractivity contribution in [1.29, 1.82) is 0 Å². The highest BCUT2D eigenvalue weighted by atomic mass is 16.6. The van der Waals surface area contributed by atoms with Crippen LogP contribution in [0.4, 0.5) is 4.79 Å². The van der Waals surface area contributed by atoms with Gasteiger partial charge in [0.2, 0.25) is 0 Å². The molecule has 1 amide bonds. The molecular formula is C14H18BNO4. The Kier molecular flexibility index (Phi) is 5.19. The second kappa shape index (κ2) is 6.46. The first-order valence-corrected chi connectivity index (χ1v) is 6.30. The molecule has 106 valence electrons. The molecule has 2 radical (unpaired) electrons. The van der Waals surface area contributed by atoms with Crippen molar-refractivity contribution >= 4 is 25.4 Å². The highest BCUT2D eigenvalue weighted by Gasteiger charge is 2.24. The van der Waals surface area contributed by atoms with Crippen LogP contribution >= 0.6 is 0 Å². The molecule has 0 saturated carbocycles. The molecule has 1 aromatic carbocycles. The van der Waals surface area contributed by atoms with Crippen LogP contribution in [0.2, 0.25) is 0 Å². The minimum absolute atomic E-state index is 0.246. The Morgan fingerprint density at radius 2 is 1.90 bits per heavy atom. The quantitative estimate of drug-likeness (QED) is 0.812. The number of rotatable bonds is 4. The van der Waals surface area contributed by atoms with Crippen LogP contribution in [0.25, 0.3) is 0 Å². The molecule has 0 bridgehead atoms.